The number of rotatable bonds is 4. The minimum absolute atomic E-state index is 0.236. The van der Waals surface area contributed by atoms with Crippen LogP contribution in [0.2, 0.25) is 0 Å². The van der Waals surface area contributed by atoms with E-state index in [0.29, 0.717) is 17.2 Å². The van der Waals surface area contributed by atoms with Crippen LogP contribution >= 0.6 is 0 Å². The van der Waals surface area contributed by atoms with Crippen molar-refractivity contribution >= 4 is 5.69 Å². The molecule has 0 aliphatic rings. The van der Waals surface area contributed by atoms with E-state index in [0.717, 1.165) is 6.54 Å². The standard InChI is InChI=1S/C14H19FN2/c1-10(2)9-17(11(3)4)14-6-5-12(8-16)7-13(14)15/h5-7,10-11H,9H2,1-4H3. The van der Waals surface area contributed by atoms with E-state index in [9.17, 15) is 4.39 Å². The van der Waals surface area contributed by atoms with Crippen LogP contribution in [0.3, 0.4) is 0 Å². The molecule has 0 fully saturated rings. The Kier molecular flexibility index (Phi) is 4.51. The summed E-state index contributed by atoms with van der Waals surface area (Å²) < 4.78 is 13.9. The molecule has 3 heteroatoms. The van der Waals surface area contributed by atoms with E-state index in [2.05, 4.69) is 13.8 Å². The lowest BCUT2D eigenvalue weighted by molar-refractivity contribution is 0.549. The summed E-state index contributed by atoms with van der Waals surface area (Å²) in [6.07, 6.45) is 0. The molecule has 0 unspecified atom stereocenters. The molecule has 0 N–H and O–H groups in total. The fraction of sp³-hybridized carbons (Fsp3) is 0.500. The molecule has 0 bridgehead atoms. The summed E-state index contributed by atoms with van der Waals surface area (Å²) in [6, 6.07) is 6.83. The quantitative estimate of drug-likeness (QED) is 0.796. The fourth-order valence-electron chi connectivity index (χ4n) is 1.79. The number of nitriles is 1. The van der Waals surface area contributed by atoms with Gasteiger partial charge in [0.05, 0.1) is 17.3 Å². The largest absolute Gasteiger partial charge is 0.366 e. The van der Waals surface area contributed by atoms with Gasteiger partial charge in [0.1, 0.15) is 5.82 Å². The van der Waals surface area contributed by atoms with E-state index in [1.807, 2.05) is 24.8 Å². The molecule has 0 radical (unpaired) electrons. The molecule has 0 heterocycles. The van der Waals surface area contributed by atoms with E-state index in [1.54, 1.807) is 12.1 Å². The van der Waals surface area contributed by atoms with Crippen molar-refractivity contribution in [1.82, 2.24) is 0 Å². The first-order valence-electron chi connectivity index (χ1n) is 5.92. The number of anilines is 1. The lowest BCUT2D eigenvalue weighted by atomic mass is 10.1. The molecular formula is C14H19FN2. The molecule has 0 spiro atoms. The van der Waals surface area contributed by atoms with Crippen molar-refractivity contribution in [1.29, 1.82) is 5.26 Å². The lowest BCUT2D eigenvalue weighted by Gasteiger charge is -2.31. The third kappa shape index (κ3) is 3.45. The van der Waals surface area contributed by atoms with Crippen LogP contribution < -0.4 is 4.90 Å². The maximum atomic E-state index is 13.9. The van der Waals surface area contributed by atoms with Crippen molar-refractivity contribution in [3.63, 3.8) is 0 Å². The molecule has 17 heavy (non-hydrogen) atoms. The molecule has 1 aromatic rings. The molecule has 1 aromatic carbocycles. The molecule has 0 aliphatic carbocycles. The van der Waals surface area contributed by atoms with Crippen molar-refractivity contribution in [2.45, 2.75) is 33.7 Å². The molecule has 1 rings (SSSR count). The summed E-state index contributed by atoms with van der Waals surface area (Å²) in [5.74, 6) is 0.144. The smallest absolute Gasteiger partial charge is 0.147 e. The van der Waals surface area contributed by atoms with Gasteiger partial charge in [-0.05, 0) is 38.0 Å². The van der Waals surface area contributed by atoms with Crippen LogP contribution in [0.1, 0.15) is 33.3 Å². The molecule has 0 amide bonds. The highest BCUT2D eigenvalue weighted by Crippen LogP contribution is 2.23. The van der Waals surface area contributed by atoms with Crippen LogP contribution in [0.4, 0.5) is 10.1 Å². The van der Waals surface area contributed by atoms with Crippen molar-refractivity contribution in [3.8, 4) is 6.07 Å². The summed E-state index contributed by atoms with van der Waals surface area (Å²) in [7, 11) is 0. The van der Waals surface area contributed by atoms with E-state index in [1.165, 1.54) is 6.07 Å². The van der Waals surface area contributed by atoms with Gasteiger partial charge in [-0.15, -0.1) is 0 Å². The minimum Gasteiger partial charge on any atom is -0.366 e. The van der Waals surface area contributed by atoms with Crippen LogP contribution in [0, 0.1) is 23.1 Å². The van der Waals surface area contributed by atoms with Gasteiger partial charge >= 0.3 is 0 Å². The lowest BCUT2D eigenvalue weighted by Crippen LogP contribution is -2.34. The summed E-state index contributed by atoms with van der Waals surface area (Å²) >= 11 is 0. The van der Waals surface area contributed by atoms with Gasteiger partial charge in [-0.2, -0.15) is 5.26 Å². The number of hydrogen-bond acceptors (Lipinski definition) is 2. The second-order valence-electron chi connectivity index (χ2n) is 4.92. The first-order valence-corrected chi connectivity index (χ1v) is 5.92. The topological polar surface area (TPSA) is 27.0 Å². The van der Waals surface area contributed by atoms with E-state index >= 15 is 0 Å². The van der Waals surface area contributed by atoms with Crippen molar-refractivity contribution in [2.24, 2.45) is 5.92 Å². The average molecular weight is 234 g/mol. The van der Waals surface area contributed by atoms with Gasteiger partial charge in [-0.25, -0.2) is 4.39 Å². The minimum atomic E-state index is -0.321. The van der Waals surface area contributed by atoms with Crippen molar-refractivity contribution in [2.75, 3.05) is 11.4 Å². The Bertz CT molecular complexity index is 419. The predicted molar refractivity (Wildman–Crippen MR) is 68.4 cm³/mol. The summed E-state index contributed by atoms with van der Waals surface area (Å²) in [4.78, 5) is 2.03. The Labute approximate surface area is 103 Å². The van der Waals surface area contributed by atoms with Gasteiger partial charge in [0.15, 0.2) is 0 Å². The Morgan fingerprint density at radius 2 is 1.94 bits per heavy atom. The molecule has 92 valence electrons. The third-order valence-corrected chi connectivity index (χ3v) is 2.57. The average Bonchev–Trinajstić information content (AvgIpc) is 2.25. The maximum absolute atomic E-state index is 13.9. The number of hydrogen-bond donors (Lipinski definition) is 0. The zero-order chi connectivity index (χ0) is 13.0. The zero-order valence-corrected chi connectivity index (χ0v) is 10.9. The number of benzene rings is 1. The van der Waals surface area contributed by atoms with E-state index in [4.69, 9.17) is 5.26 Å². The number of nitrogens with zero attached hydrogens (tertiary/aromatic N) is 2. The van der Waals surface area contributed by atoms with Crippen LogP contribution in [0.5, 0.6) is 0 Å². The van der Waals surface area contributed by atoms with E-state index in [-0.39, 0.29) is 11.9 Å². The van der Waals surface area contributed by atoms with Crippen LogP contribution in [-0.4, -0.2) is 12.6 Å². The fourth-order valence-corrected chi connectivity index (χ4v) is 1.79. The van der Waals surface area contributed by atoms with Crippen molar-refractivity contribution < 1.29 is 4.39 Å². The van der Waals surface area contributed by atoms with Crippen LogP contribution in [0.25, 0.3) is 0 Å². The monoisotopic (exact) mass is 234 g/mol. The van der Waals surface area contributed by atoms with Gasteiger partial charge in [0.2, 0.25) is 0 Å². The first-order chi connectivity index (χ1) is 7.95. The Morgan fingerprint density at radius 1 is 1.29 bits per heavy atom. The van der Waals surface area contributed by atoms with Gasteiger partial charge < -0.3 is 4.90 Å². The second kappa shape index (κ2) is 5.67. The highest BCUT2D eigenvalue weighted by molar-refractivity contribution is 5.51. The summed E-state index contributed by atoms with van der Waals surface area (Å²) in [5.41, 5.74) is 0.937. The van der Waals surface area contributed by atoms with E-state index < -0.39 is 0 Å². The maximum Gasteiger partial charge on any atom is 0.147 e. The Morgan fingerprint density at radius 3 is 2.35 bits per heavy atom. The van der Waals surface area contributed by atoms with Gasteiger partial charge in [-0.3, -0.25) is 0 Å². The summed E-state index contributed by atoms with van der Waals surface area (Å²) in [5, 5.41) is 8.72. The third-order valence-electron chi connectivity index (χ3n) is 2.57. The summed E-state index contributed by atoms with van der Waals surface area (Å²) in [6.45, 7) is 9.11. The highest BCUT2D eigenvalue weighted by Gasteiger charge is 2.16. The molecular weight excluding hydrogens is 215 g/mol. The molecule has 2 nitrogen and oxygen atoms in total. The Hall–Kier alpha value is -1.56. The molecule has 0 atom stereocenters. The van der Waals surface area contributed by atoms with Gasteiger partial charge in [-0.1, -0.05) is 13.8 Å². The molecule has 0 saturated heterocycles. The highest BCUT2D eigenvalue weighted by atomic mass is 19.1. The van der Waals surface area contributed by atoms with Gasteiger partial charge in [0, 0.05) is 12.6 Å². The number of halogens is 1. The Balaban J connectivity index is 3.07. The van der Waals surface area contributed by atoms with Gasteiger partial charge in [0.25, 0.3) is 0 Å². The molecule has 0 aromatic heterocycles. The van der Waals surface area contributed by atoms with Crippen LogP contribution in [0.15, 0.2) is 18.2 Å². The SMILES string of the molecule is CC(C)CN(c1ccc(C#N)cc1F)C(C)C. The normalized spacial score (nSPS) is 10.7. The van der Waals surface area contributed by atoms with Crippen LogP contribution in [-0.2, 0) is 0 Å². The second-order valence-corrected chi connectivity index (χ2v) is 4.92. The van der Waals surface area contributed by atoms with Crippen molar-refractivity contribution in [3.05, 3.63) is 29.6 Å². The molecule has 0 aliphatic heterocycles. The molecule has 0 saturated carbocycles. The zero-order valence-electron chi connectivity index (χ0n) is 10.9. The predicted octanol–water partition coefficient (Wildman–Crippen LogP) is 3.57. The first kappa shape index (κ1) is 13.5.